The average Bonchev–Trinajstić information content (AvgIpc) is 3.26. The number of rotatable bonds is 9. The Kier molecular flexibility index (Phi) is 8.14. The highest BCUT2D eigenvalue weighted by atomic mass is 32.2. The van der Waals surface area contributed by atoms with Crippen molar-refractivity contribution in [3.05, 3.63) is 35.9 Å². The Labute approximate surface area is 171 Å². The summed E-state index contributed by atoms with van der Waals surface area (Å²) in [5.74, 6) is 4.76. The molecule has 0 aliphatic carbocycles. The van der Waals surface area contributed by atoms with Crippen molar-refractivity contribution in [3.8, 4) is 0 Å². The van der Waals surface area contributed by atoms with Gasteiger partial charge in [-0.25, -0.2) is 13.2 Å². The summed E-state index contributed by atoms with van der Waals surface area (Å²) in [5, 5.41) is -1.01. The number of likely N-dealkylation sites (tertiary alicyclic amines) is 1. The third-order valence-corrected chi connectivity index (χ3v) is 7.05. The van der Waals surface area contributed by atoms with E-state index in [-0.39, 0.29) is 18.6 Å². The lowest BCUT2D eigenvalue weighted by atomic mass is 9.97. The molecule has 4 N–H and O–H groups in total. The van der Waals surface area contributed by atoms with Crippen molar-refractivity contribution in [1.29, 1.82) is 0 Å². The molecule has 1 aromatic carbocycles. The predicted molar refractivity (Wildman–Crippen MR) is 109 cm³/mol. The van der Waals surface area contributed by atoms with Crippen molar-refractivity contribution in [2.75, 3.05) is 32.4 Å². The van der Waals surface area contributed by atoms with Crippen molar-refractivity contribution in [3.63, 3.8) is 0 Å². The van der Waals surface area contributed by atoms with E-state index in [1.165, 1.54) is 7.05 Å². The molecular weight excluding hydrogens is 396 g/mol. The van der Waals surface area contributed by atoms with Crippen LogP contribution in [0.1, 0.15) is 31.2 Å². The van der Waals surface area contributed by atoms with E-state index >= 15 is 0 Å². The molecule has 29 heavy (non-hydrogen) atoms. The number of sulfone groups is 1. The monoisotopic (exact) mass is 426 g/mol. The minimum Gasteiger partial charge on any atom is -0.357 e. The Morgan fingerprint density at radius 3 is 2.34 bits per heavy atom. The van der Waals surface area contributed by atoms with Crippen LogP contribution in [0, 0.1) is 0 Å². The summed E-state index contributed by atoms with van der Waals surface area (Å²) in [4.78, 5) is 33.1. The van der Waals surface area contributed by atoms with Gasteiger partial charge < -0.3 is 10.6 Å². The maximum atomic E-state index is 13.6. The zero-order valence-corrected chi connectivity index (χ0v) is 17.6. The van der Waals surface area contributed by atoms with E-state index in [0.29, 0.717) is 26.1 Å². The van der Waals surface area contributed by atoms with Crippen LogP contribution in [0.25, 0.3) is 0 Å². The standard InChI is InChI=1S/C19H30N4O5S/c1-22(18(25)28-21)19(23-12-6-7-13-23,15-16-9-3-2-4-10-16)17(24)29(26,27)14-8-5-11-20/h2-4,9-10H,5-8,11-15,20-21H2,1H3. The van der Waals surface area contributed by atoms with Gasteiger partial charge in [-0.15, -0.1) is 0 Å². The van der Waals surface area contributed by atoms with Gasteiger partial charge in [0.2, 0.25) is 9.84 Å². The minimum absolute atomic E-state index is 0.00833. The molecule has 0 saturated carbocycles. The Morgan fingerprint density at radius 1 is 1.17 bits per heavy atom. The fraction of sp³-hybridized carbons (Fsp3) is 0.579. The molecule has 9 nitrogen and oxygen atoms in total. The molecule has 0 bridgehead atoms. The molecule has 1 fully saturated rings. The molecule has 1 aromatic rings. The Balaban J connectivity index is 2.56. The molecule has 1 amide bonds. The van der Waals surface area contributed by atoms with Gasteiger partial charge in [0.25, 0.3) is 5.12 Å². The normalized spacial score (nSPS) is 16.9. The second-order valence-corrected chi connectivity index (χ2v) is 9.23. The fourth-order valence-electron chi connectivity index (χ4n) is 3.76. The third kappa shape index (κ3) is 5.13. The number of nitrogens with zero attached hydrogens (tertiary/aromatic N) is 2. The zero-order chi connectivity index (χ0) is 21.5. The summed E-state index contributed by atoms with van der Waals surface area (Å²) in [6.45, 7) is 1.31. The lowest BCUT2D eigenvalue weighted by Crippen LogP contribution is -2.68. The van der Waals surface area contributed by atoms with Gasteiger partial charge in [0.1, 0.15) is 0 Å². The lowest BCUT2D eigenvalue weighted by Gasteiger charge is -2.45. The molecule has 2 rings (SSSR count). The highest BCUT2D eigenvalue weighted by molar-refractivity contribution is 8.06. The first-order valence-corrected chi connectivity index (χ1v) is 11.4. The quantitative estimate of drug-likeness (QED) is 0.434. The van der Waals surface area contributed by atoms with E-state index in [1.807, 2.05) is 6.07 Å². The van der Waals surface area contributed by atoms with Crippen LogP contribution in [-0.2, 0) is 25.9 Å². The molecule has 1 aliphatic rings. The van der Waals surface area contributed by atoms with Crippen molar-refractivity contribution in [2.24, 2.45) is 11.6 Å². The van der Waals surface area contributed by atoms with Gasteiger partial charge >= 0.3 is 6.09 Å². The van der Waals surface area contributed by atoms with Gasteiger partial charge in [0, 0.05) is 26.6 Å². The van der Waals surface area contributed by atoms with E-state index in [9.17, 15) is 18.0 Å². The molecule has 1 atom stereocenters. The first-order valence-electron chi connectivity index (χ1n) is 9.70. The van der Waals surface area contributed by atoms with Gasteiger partial charge in [-0.05, 0) is 37.8 Å². The van der Waals surface area contributed by atoms with E-state index in [2.05, 4.69) is 4.84 Å². The Hall–Kier alpha value is -2.01. The smallest absolute Gasteiger partial charge is 0.357 e. The van der Waals surface area contributed by atoms with Gasteiger partial charge in [0.15, 0.2) is 5.66 Å². The van der Waals surface area contributed by atoms with Crippen LogP contribution in [0.15, 0.2) is 30.3 Å². The van der Waals surface area contributed by atoms with Crippen molar-refractivity contribution in [1.82, 2.24) is 9.80 Å². The molecule has 1 unspecified atom stereocenters. The zero-order valence-electron chi connectivity index (χ0n) is 16.7. The molecule has 1 aliphatic heterocycles. The number of amides is 1. The fourth-order valence-corrected chi connectivity index (χ4v) is 5.36. The summed E-state index contributed by atoms with van der Waals surface area (Å²) in [6, 6.07) is 9.00. The third-order valence-electron chi connectivity index (χ3n) is 5.33. The van der Waals surface area contributed by atoms with E-state index in [4.69, 9.17) is 11.6 Å². The first kappa shape index (κ1) is 23.3. The lowest BCUT2D eigenvalue weighted by molar-refractivity contribution is -0.133. The molecule has 1 saturated heterocycles. The number of nitrogens with two attached hydrogens (primary N) is 2. The summed E-state index contributed by atoms with van der Waals surface area (Å²) in [6.07, 6.45) is 1.39. The topological polar surface area (TPSA) is 136 Å². The summed E-state index contributed by atoms with van der Waals surface area (Å²) in [7, 11) is -2.81. The van der Waals surface area contributed by atoms with Crippen LogP contribution < -0.4 is 11.6 Å². The highest BCUT2D eigenvalue weighted by Crippen LogP contribution is 2.32. The van der Waals surface area contributed by atoms with Crippen molar-refractivity contribution < 1.29 is 22.8 Å². The number of hydrogen-bond donors (Lipinski definition) is 2. The number of carbonyl (C=O) groups is 2. The number of unbranched alkanes of at least 4 members (excludes halogenated alkanes) is 1. The molecule has 0 radical (unpaired) electrons. The molecule has 10 heteroatoms. The van der Waals surface area contributed by atoms with Gasteiger partial charge in [-0.3, -0.25) is 14.6 Å². The number of likely N-dealkylation sites (N-methyl/N-ethyl adjacent to an activating group) is 1. The molecule has 162 valence electrons. The SMILES string of the molecule is CN(C(=O)ON)C(Cc1ccccc1)(C(=O)S(=O)(=O)CCCCN)N1CCCC1. The van der Waals surface area contributed by atoms with Crippen molar-refractivity contribution >= 4 is 21.0 Å². The van der Waals surface area contributed by atoms with Crippen LogP contribution in [0.2, 0.25) is 0 Å². The van der Waals surface area contributed by atoms with Crippen LogP contribution in [0.4, 0.5) is 4.79 Å². The highest BCUT2D eigenvalue weighted by Gasteiger charge is 2.55. The second-order valence-electron chi connectivity index (χ2n) is 7.22. The maximum Gasteiger partial charge on any atom is 0.430 e. The largest absolute Gasteiger partial charge is 0.430 e. The second kappa shape index (κ2) is 10.1. The Morgan fingerprint density at radius 2 is 1.79 bits per heavy atom. The summed E-state index contributed by atoms with van der Waals surface area (Å²) in [5.41, 5.74) is 4.44. The maximum absolute atomic E-state index is 13.6. The molecule has 0 spiro atoms. The van der Waals surface area contributed by atoms with Gasteiger partial charge in [-0.1, -0.05) is 30.3 Å². The van der Waals surface area contributed by atoms with Crippen molar-refractivity contribution in [2.45, 2.75) is 37.8 Å². The Bertz CT molecular complexity index is 796. The van der Waals surface area contributed by atoms with Crippen LogP contribution in [-0.4, -0.2) is 67.5 Å². The molecule has 0 aromatic heterocycles. The summed E-state index contributed by atoms with van der Waals surface area (Å²) < 4.78 is 26.0. The predicted octanol–water partition coefficient (Wildman–Crippen LogP) is 0.644. The van der Waals surface area contributed by atoms with Gasteiger partial charge in [0.05, 0.1) is 5.75 Å². The molecular formula is C19H30N4O5S. The van der Waals surface area contributed by atoms with E-state index in [0.717, 1.165) is 23.3 Å². The number of benzene rings is 1. The van der Waals surface area contributed by atoms with Crippen LogP contribution >= 0.6 is 0 Å². The van der Waals surface area contributed by atoms with E-state index < -0.39 is 26.7 Å². The van der Waals surface area contributed by atoms with Crippen LogP contribution in [0.5, 0.6) is 0 Å². The number of hydrogen-bond acceptors (Lipinski definition) is 8. The average molecular weight is 427 g/mol. The molecule has 1 heterocycles. The minimum atomic E-state index is -4.16. The van der Waals surface area contributed by atoms with E-state index in [1.54, 1.807) is 29.2 Å². The van der Waals surface area contributed by atoms with Gasteiger partial charge in [-0.2, -0.15) is 5.90 Å². The summed E-state index contributed by atoms with van der Waals surface area (Å²) >= 11 is 0. The van der Waals surface area contributed by atoms with Crippen LogP contribution in [0.3, 0.4) is 0 Å². The first-order chi connectivity index (χ1) is 13.8. The number of carbonyl (C=O) groups excluding carboxylic acids is 2.